The average molecular weight is 227 g/mol. The fourth-order valence-corrected chi connectivity index (χ4v) is 3.10. The summed E-state index contributed by atoms with van der Waals surface area (Å²) >= 11 is 0. The van der Waals surface area contributed by atoms with Gasteiger partial charge in [-0.25, -0.2) is 0 Å². The summed E-state index contributed by atoms with van der Waals surface area (Å²) in [5.74, 6) is 0. The highest BCUT2D eigenvalue weighted by molar-refractivity contribution is 4.92. The Morgan fingerprint density at radius 1 is 1.31 bits per heavy atom. The van der Waals surface area contributed by atoms with Gasteiger partial charge in [0.1, 0.15) is 0 Å². The highest BCUT2D eigenvalue weighted by Gasteiger charge is 2.35. The molecule has 4 heteroatoms. The number of aliphatic hydroxyl groups excluding tert-OH is 1. The third-order valence-electron chi connectivity index (χ3n) is 3.79. The fourth-order valence-electron chi connectivity index (χ4n) is 3.10. The SMILES string of the molecule is CN(C)CC1CC(O)CN1C1CCNCC1. The Bertz CT molecular complexity index is 216. The molecular formula is C12H25N3O. The molecule has 2 N–H and O–H groups in total. The molecule has 2 aliphatic heterocycles. The Labute approximate surface area is 98.6 Å². The topological polar surface area (TPSA) is 38.7 Å². The molecule has 0 bridgehead atoms. The Morgan fingerprint density at radius 2 is 2.00 bits per heavy atom. The zero-order valence-electron chi connectivity index (χ0n) is 10.5. The normalized spacial score (nSPS) is 33.8. The number of piperidine rings is 1. The second-order valence-electron chi connectivity index (χ2n) is 5.48. The van der Waals surface area contributed by atoms with Crippen molar-refractivity contribution >= 4 is 0 Å². The highest BCUT2D eigenvalue weighted by Crippen LogP contribution is 2.24. The summed E-state index contributed by atoms with van der Waals surface area (Å²) in [6, 6.07) is 1.23. The lowest BCUT2D eigenvalue weighted by molar-refractivity contribution is 0.116. The Morgan fingerprint density at radius 3 is 2.62 bits per heavy atom. The van der Waals surface area contributed by atoms with Crippen LogP contribution in [-0.2, 0) is 0 Å². The van der Waals surface area contributed by atoms with E-state index in [0.717, 1.165) is 32.6 Å². The molecule has 2 atom stereocenters. The predicted octanol–water partition coefficient (Wildman–Crippen LogP) is -0.265. The molecule has 0 spiro atoms. The Balaban J connectivity index is 1.94. The van der Waals surface area contributed by atoms with Crippen molar-refractivity contribution in [2.45, 2.75) is 37.5 Å². The second kappa shape index (κ2) is 5.45. The molecule has 2 unspecified atom stereocenters. The third-order valence-corrected chi connectivity index (χ3v) is 3.79. The van der Waals surface area contributed by atoms with E-state index in [-0.39, 0.29) is 6.10 Å². The van der Waals surface area contributed by atoms with Gasteiger partial charge in [-0.05, 0) is 46.4 Å². The largest absolute Gasteiger partial charge is 0.392 e. The molecule has 2 rings (SSSR count). The quantitative estimate of drug-likeness (QED) is 0.696. The minimum absolute atomic E-state index is 0.111. The summed E-state index contributed by atoms with van der Waals surface area (Å²) in [6.07, 6.45) is 3.30. The molecular weight excluding hydrogens is 202 g/mol. The van der Waals surface area contributed by atoms with E-state index in [2.05, 4.69) is 29.2 Å². The first-order valence-electron chi connectivity index (χ1n) is 6.46. The number of rotatable bonds is 3. The van der Waals surface area contributed by atoms with E-state index in [9.17, 15) is 5.11 Å². The standard InChI is InChI=1S/C12H25N3O/c1-14(2)8-11-7-12(16)9-15(11)10-3-5-13-6-4-10/h10-13,16H,3-9H2,1-2H3. The van der Waals surface area contributed by atoms with Gasteiger partial charge in [0.15, 0.2) is 0 Å². The second-order valence-corrected chi connectivity index (χ2v) is 5.48. The minimum atomic E-state index is -0.111. The van der Waals surface area contributed by atoms with Crippen LogP contribution in [0.2, 0.25) is 0 Å². The van der Waals surface area contributed by atoms with Crippen LogP contribution in [0, 0.1) is 0 Å². The number of hydrogen-bond donors (Lipinski definition) is 2. The molecule has 0 amide bonds. The minimum Gasteiger partial charge on any atom is -0.392 e. The smallest absolute Gasteiger partial charge is 0.0682 e. The van der Waals surface area contributed by atoms with E-state index in [1.807, 2.05) is 0 Å². The van der Waals surface area contributed by atoms with Crippen LogP contribution in [0.25, 0.3) is 0 Å². The predicted molar refractivity (Wildman–Crippen MR) is 65.6 cm³/mol. The van der Waals surface area contributed by atoms with E-state index in [1.54, 1.807) is 0 Å². The molecule has 4 nitrogen and oxygen atoms in total. The monoisotopic (exact) mass is 227 g/mol. The van der Waals surface area contributed by atoms with E-state index in [1.165, 1.54) is 12.8 Å². The van der Waals surface area contributed by atoms with Crippen LogP contribution < -0.4 is 5.32 Å². The molecule has 0 saturated carbocycles. The van der Waals surface area contributed by atoms with Gasteiger partial charge in [-0.3, -0.25) is 4.90 Å². The maximum Gasteiger partial charge on any atom is 0.0682 e. The van der Waals surface area contributed by atoms with Crippen LogP contribution in [0.1, 0.15) is 19.3 Å². The van der Waals surface area contributed by atoms with Crippen LogP contribution in [0.3, 0.4) is 0 Å². The molecule has 0 aromatic carbocycles. The number of nitrogens with one attached hydrogen (secondary N) is 1. The van der Waals surface area contributed by atoms with Crippen LogP contribution in [0.5, 0.6) is 0 Å². The fraction of sp³-hybridized carbons (Fsp3) is 1.00. The van der Waals surface area contributed by atoms with Gasteiger partial charge in [-0.2, -0.15) is 0 Å². The Hall–Kier alpha value is -0.160. The molecule has 94 valence electrons. The highest BCUT2D eigenvalue weighted by atomic mass is 16.3. The Kier molecular flexibility index (Phi) is 4.19. The van der Waals surface area contributed by atoms with Gasteiger partial charge in [0.05, 0.1) is 6.10 Å². The molecule has 0 radical (unpaired) electrons. The number of hydrogen-bond acceptors (Lipinski definition) is 4. The molecule has 2 aliphatic rings. The third kappa shape index (κ3) is 2.94. The maximum absolute atomic E-state index is 9.84. The first-order valence-corrected chi connectivity index (χ1v) is 6.46. The summed E-state index contributed by atoms with van der Waals surface area (Å²) in [6.45, 7) is 4.21. The summed E-state index contributed by atoms with van der Waals surface area (Å²) in [4.78, 5) is 4.78. The van der Waals surface area contributed by atoms with Crippen molar-refractivity contribution < 1.29 is 5.11 Å². The van der Waals surface area contributed by atoms with Crippen LogP contribution >= 0.6 is 0 Å². The van der Waals surface area contributed by atoms with Gasteiger partial charge in [0.2, 0.25) is 0 Å². The molecule has 16 heavy (non-hydrogen) atoms. The van der Waals surface area contributed by atoms with Gasteiger partial charge in [0, 0.05) is 25.2 Å². The number of nitrogens with zero attached hydrogens (tertiary/aromatic N) is 2. The van der Waals surface area contributed by atoms with E-state index in [0.29, 0.717) is 12.1 Å². The van der Waals surface area contributed by atoms with Crippen LogP contribution in [-0.4, -0.2) is 73.4 Å². The van der Waals surface area contributed by atoms with Crippen molar-refractivity contribution in [2.24, 2.45) is 0 Å². The molecule has 2 heterocycles. The molecule has 0 aliphatic carbocycles. The number of aliphatic hydroxyl groups is 1. The van der Waals surface area contributed by atoms with Crippen molar-refractivity contribution in [3.63, 3.8) is 0 Å². The summed E-state index contributed by atoms with van der Waals surface area (Å²) < 4.78 is 0. The lowest BCUT2D eigenvalue weighted by Gasteiger charge is -2.36. The lowest BCUT2D eigenvalue weighted by Crippen LogP contribution is -2.48. The molecule has 0 aromatic rings. The molecule has 0 aromatic heterocycles. The van der Waals surface area contributed by atoms with Gasteiger partial charge < -0.3 is 15.3 Å². The first kappa shape index (κ1) is 12.3. The van der Waals surface area contributed by atoms with Gasteiger partial charge in [-0.1, -0.05) is 0 Å². The molecule has 2 saturated heterocycles. The van der Waals surface area contributed by atoms with E-state index in [4.69, 9.17) is 0 Å². The zero-order chi connectivity index (χ0) is 11.5. The maximum atomic E-state index is 9.84. The molecule has 2 fully saturated rings. The van der Waals surface area contributed by atoms with Gasteiger partial charge in [0.25, 0.3) is 0 Å². The van der Waals surface area contributed by atoms with Crippen molar-refractivity contribution in [2.75, 3.05) is 40.3 Å². The summed E-state index contributed by atoms with van der Waals surface area (Å²) in [7, 11) is 4.23. The first-order chi connectivity index (χ1) is 7.66. The number of likely N-dealkylation sites (N-methyl/N-ethyl adjacent to an activating group) is 1. The number of likely N-dealkylation sites (tertiary alicyclic amines) is 1. The van der Waals surface area contributed by atoms with Crippen LogP contribution in [0.15, 0.2) is 0 Å². The van der Waals surface area contributed by atoms with Crippen molar-refractivity contribution in [1.29, 1.82) is 0 Å². The zero-order valence-corrected chi connectivity index (χ0v) is 10.5. The summed E-state index contributed by atoms with van der Waals surface area (Å²) in [5.41, 5.74) is 0. The van der Waals surface area contributed by atoms with Crippen LogP contribution in [0.4, 0.5) is 0 Å². The van der Waals surface area contributed by atoms with E-state index >= 15 is 0 Å². The lowest BCUT2D eigenvalue weighted by atomic mass is 10.0. The van der Waals surface area contributed by atoms with Crippen molar-refractivity contribution in [3.05, 3.63) is 0 Å². The van der Waals surface area contributed by atoms with Gasteiger partial charge >= 0.3 is 0 Å². The number of β-amino-alcohol motifs (C(OH)–C–C–N with tert-alkyl or cyclic N) is 1. The average Bonchev–Trinajstić information content (AvgIpc) is 2.60. The van der Waals surface area contributed by atoms with Gasteiger partial charge in [-0.15, -0.1) is 0 Å². The van der Waals surface area contributed by atoms with E-state index < -0.39 is 0 Å². The van der Waals surface area contributed by atoms with Crippen molar-refractivity contribution in [1.82, 2.24) is 15.1 Å². The van der Waals surface area contributed by atoms with Crippen molar-refractivity contribution in [3.8, 4) is 0 Å². The summed E-state index contributed by atoms with van der Waals surface area (Å²) in [5, 5.41) is 13.2.